The molecule has 1 fully saturated rings. The van der Waals surface area contributed by atoms with Gasteiger partial charge in [0.1, 0.15) is 0 Å². The van der Waals surface area contributed by atoms with Crippen molar-refractivity contribution in [1.82, 2.24) is 0 Å². The van der Waals surface area contributed by atoms with E-state index in [1.807, 2.05) is 0 Å². The van der Waals surface area contributed by atoms with E-state index in [1.165, 1.54) is 12.8 Å². The van der Waals surface area contributed by atoms with E-state index in [0.29, 0.717) is 18.4 Å². The largest absolute Gasteiger partial charge is 0.386 e. The molecule has 1 heterocycles. The summed E-state index contributed by atoms with van der Waals surface area (Å²) in [4.78, 5) is 0. The molecule has 0 aliphatic carbocycles. The maximum absolute atomic E-state index is 9.77. The normalized spacial score (nSPS) is 32.0. The highest BCUT2D eigenvalue weighted by molar-refractivity contribution is 5.00. The lowest BCUT2D eigenvalue weighted by molar-refractivity contribution is 0.0923. The lowest BCUT2D eigenvalue weighted by Gasteiger charge is -2.16. The molecule has 14 heavy (non-hydrogen) atoms. The Bertz CT molecular complexity index is 198. The molecule has 1 rings (SSSR count). The quantitative estimate of drug-likeness (QED) is 0.525. The average molecular weight is 198 g/mol. The van der Waals surface area contributed by atoms with E-state index in [1.54, 1.807) is 13.0 Å². The standard InChI is InChI=1S/C12H22O2/c1-5-7-9(3)11-10(14-11)8-12(4,13)6-2/h6,9-11,13H,2,5,7-8H2,1,3-4H3/t9-,10-,11-,12+/m1/s1. The first-order chi connectivity index (χ1) is 6.50. The highest BCUT2D eigenvalue weighted by Crippen LogP contribution is 2.37. The van der Waals surface area contributed by atoms with Crippen LogP contribution in [0.15, 0.2) is 12.7 Å². The number of aliphatic hydroxyl groups is 1. The van der Waals surface area contributed by atoms with Gasteiger partial charge in [0.05, 0.1) is 17.8 Å². The Morgan fingerprint density at radius 3 is 2.79 bits per heavy atom. The van der Waals surface area contributed by atoms with Gasteiger partial charge in [-0.1, -0.05) is 26.3 Å². The topological polar surface area (TPSA) is 32.8 Å². The second-order valence-electron chi connectivity index (χ2n) is 4.67. The van der Waals surface area contributed by atoms with Gasteiger partial charge in [-0.15, -0.1) is 6.58 Å². The van der Waals surface area contributed by atoms with Crippen molar-refractivity contribution in [1.29, 1.82) is 0 Å². The zero-order chi connectivity index (χ0) is 10.8. The van der Waals surface area contributed by atoms with Crippen LogP contribution in [-0.4, -0.2) is 22.9 Å². The molecule has 82 valence electrons. The molecule has 0 aromatic rings. The molecule has 0 bridgehead atoms. The van der Waals surface area contributed by atoms with Crippen molar-refractivity contribution in [2.45, 2.75) is 57.8 Å². The molecule has 1 aliphatic rings. The lowest BCUT2D eigenvalue weighted by atomic mass is 9.93. The molecule has 0 aromatic heterocycles. The number of ether oxygens (including phenoxy) is 1. The average Bonchev–Trinajstić information content (AvgIpc) is 2.84. The molecule has 2 heteroatoms. The third kappa shape index (κ3) is 3.10. The highest BCUT2D eigenvalue weighted by atomic mass is 16.6. The molecule has 1 saturated heterocycles. The van der Waals surface area contributed by atoms with Crippen molar-refractivity contribution in [3.63, 3.8) is 0 Å². The molecular weight excluding hydrogens is 176 g/mol. The third-order valence-electron chi connectivity index (χ3n) is 2.98. The molecule has 0 saturated carbocycles. The fourth-order valence-electron chi connectivity index (χ4n) is 1.93. The summed E-state index contributed by atoms with van der Waals surface area (Å²) in [5.74, 6) is 0.616. The van der Waals surface area contributed by atoms with E-state index in [2.05, 4.69) is 20.4 Å². The van der Waals surface area contributed by atoms with Crippen LogP contribution in [0.25, 0.3) is 0 Å². The molecule has 0 spiro atoms. The van der Waals surface area contributed by atoms with E-state index >= 15 is 0 Å². The van der Waals surface area contributed by atoms with Crippen LogP contribution in [0.5, 0.6) is 0 Å². The van der Waals surface area contributed by atoms with E-state index in [-0.39, 0.29) is 6.10 Å². The van der Waals surface area contributed by atoms with Gasteiger partial charge in [-0.2, -0.15) is 0 Å². The molecule has 2 nitrogen and oxygen atoms in total. The van der Waals surface area contributed by atoms with Crippen molar-refractivity contribution in [2.24, 2.45) is 5.92 Å². The molecular formula is C12H22O2. The van der Waals surface area contributed by atoms with E-state index in [0.717, 1.165) is 0 Å². The van der Waals surface area contributed by atoms with Gasteiger partial charge in [0.25, 0.3) is 0 Å². The summed E-state index contributed by atoms with van der Waals surface area (Å²) in [5, 5.41) is 9.77. The number of hydrogen-bond donors (Lipinski definition) is 1. The molecule has 0 unspecified atom stereocenters. The lowest BCUT2D eigenvalue weighted by Crippen LogP contribution is -2.24. The SMILES string of the molecule is C=C[C@](C)(O)C[C@H]1O[C@@H]1[C@H](C)CCC. The van der Waals surface area contributed by atoms with Crippen molar-refractivity contribution < 1.29 is 9.84 Å². The summed E-state index contributed by atoms with van der Waals surface area (Å²) in [7, 11) is 0. The van der Waals surface area contributed by atoms with Gasteiger partial charge in [-0.25, -0.2) is 0 Å². The molecule has 0 aromatic carbocycles. The summed E-state index contributed by atoms with van der Waals surface area (Å²) in [6.45, 7) is 9.80. The van der Waals surface area contributed by atoms with Crippen molar-refractivity contribution in [2.75, 3.05) is 0 Å². The molecule has 0 amide bonds. The Balaban J connectivity index is 2.29. The number of hydrogen-bond acceptors (Lipinski definition) is 2. The van der Waals surface area contributed by atoms with Gasteiger partial charge in [-0.3, -0.25) is 0 Å². The molecule has 4 atom stereocenters. The summed E-state index contributed by atoms with van der Waals surface area (Å²) in [5.41, 5.74) is -0.772. The van der Waals surface area contributed by atoms with Crippen LogP contribution >= 0.6 is 0 Å². The van der Waals surface area contributed by atoms with Gasteiger partial charge < -0.3 is 9.84 Å². The Kier molecular flexibility index (Phi) is 3.73. The Morgan fingerprint density at radius 2 is 2.29 bits per heavy atom. The summed E-state index contributed by atoms with van der Waals surface area (Å²) in [6, 6.07) is 0. The summed E-state index contributed by atoms with van der Waals surface area (Å²) in [6.07, 6.45) is 5.28. The molecule has 0 radical (unpaired) electrons. The first-order valence-electron chi connectivity index (χ1n) is 5.51. The number of epoxide rings is 1. The van der Waals surface area contributed by atoms with Crippen molar-refractivity contribution >= 4 is 0 Å². The molecule has 1 aliphatic heterocycles. The zero-order valence-corrected chi connectivity index (χ0v) is 9.49. The van der Waals surface area contributed by atoms with Crippen LogP contribution in [0.1, 0.15) is 40.0 Å². The Hall–Kier alpha value is -0.340. The van der Waals surface area contributed by atoms with Gasteiger partial charge in [0, 0.05) is 6.42 Å². The van der Waals surface area contributed by atoms with Gasteiger partial charge in [0.15, 0.2) is 0 Å². The van der Waals surface area contributed by atoms with E-state index in [9.17, 15) is 5.11 Å². The van der Waals surface area contributed by atoms with Crippen LogP contribution in [0.2, 0.25) is 0 Å². The Labute approximate surface area is 87.0 Å². The zero-order valence-electron chi connectivity index (χ0n) is 9.49. The summed E-state index contributed by atoms with van der Waals surface area (Å²) >= 11 is 0. The number of rotatable bonds is 6. The minimum absolute atomic E-state index is 0.240. The monoisotopic (exact) mass is 198 g/mol. The summed E-state index contributed by atoms with van der Waals surface area (Å²) < 4.78 is 5.56. The van der Waals surface area contributed by atoms with E-state index in [4.69, 9.17) is 4.74 Å². The predicted octanol–water partition coefficient (Wildman–Crippen LogP) is 2.52. The second-order valence-corrected chi connectivity index (χ2v) is 4.67. The minimum atomic E-state index is -0.772. The molecule has 1 N–H and O–H groups in total. The van der Waals surface area contributed by atoms with Crippen LogP contribution in [0.4, 0.5) is 0 Å². The van der Waals surface area contributed by atoms with Crippen LogP contribution < -0.4 is 0 Å². The second kappa shape index (κ2) is 4.45. The predicted molar refractivity (Wildman–Crippen MR) is 58.2 cm³/mol. The van der Waals surface area contributed by atoms with Gasteiger partial charge in [0.2, 0.25) is 0 Å². The van der Waals surface area contributed by atoms with Crippen LogP contribution in [-0.2, 0) is 4.74 Å². The fourth-order valence-corrected chi connectivity index (χ4v) is 1.93. The van der Waals surface area contributed by atoms with Crippen molar-refractivity contribution in [3.8, 4) is 0 Å². The van der Waals surface area contributed by atoms with Gasteiger partial charge in [-0.05, 0) is 19.3 Å². The van der Waals surface area contributed by atoms with Gasteiger partial charge >= 0.3 is 0 Å². The van der Waals surface area contributed by atoms with Crippen LogP contribution in [0.3, 0.4) is 0 Å². The fraction of sp³-hybridized carbons (Fsp3) is 0.833. The smallest absolute Gasteiger partial charge is 0.0875 e. The minimum Gasteiger partial charge on any atom is -0.386 e. The Morgan fingerprint density at radius 1 is 1.64 bits per heavy atom. The third-order valence-corrected chi connectivity index (χ3v) is 2.98. The first kappa shape index (κ1) is 11.7. The highest BCUT2D eigenvalue weighted by Gasteiger charge is 2.44. The van der Waals surface area contributed by atoms with Crippen LogP contribution in [0, 0.1) is 5.92 Å². The van der Waals surface area contributed by atoms with Crippen molar-refractivity contribution in [3.05, 3.63) is 12.7 Å². The van der Waals surface area contributed by atoms with E-state index < -0.39 is 5.60 Å². The first-order valence-corrected chi connectivity index (χ1v) is 5.51. The maximum atomic E-state index is 9.77. The maximum Gasteiger partial charge on any atom is 0.0875 e.